The zero-order chi connectivity index (χ0) is 21.9. The average Bonchev–Trinajstić information content (AvgIpc) is 3.37. The Morgan fingerprint density at radius 1 is 0.875 bits per heavy atom. The summed E-state index contributed by atoms with van der Waals surface area (Å²) in [4.78, 5) is 4.84. The molecular formula is C25H21GeN5O. The number of furan rings is 1. The number of para-hydroxylation sites is 2. The van der Waals surface area contributed by atoms with Gasteiger partial charge in [-0.15, -0.1) is 0 Å². The Hall–Kier alpha value is -3.52. The zero-order valence-electron chi connectivity index (χ0n) is 18.1. The van der Waals surface area contributed by atoms with Crippen molar-refractivity contribution >= 4 is 50.8 Å². The Labute approximate surface area is 187 Å². The molecule has 3 aromatic carbocycles. The Morgan fingerprint density at radius 3 is 2.53 bits per heavy atom. The zero-order valence-corrected chi connectivity index (χ0v) is 20.2. The molecule has 7 heteroatoms. The van der Waals surface area contributed by atoms with Crippen LogP contribution in [0.25, 0.3) is 50.2 Å². The van der Waals surface area contributed by atoms with Crippen LogP contribution < -0.4 is 4.40 Å². The summed E-state index contributed by atoms with van der Waals surface area (Å²) in [6.45, 7) is 0. The van der Waals surface area contributed by atoms with Crippen LogP contribution in [-0.4, -0.2) is 38.2 Å². The molecular weight excluding hydrogens is 459 g/mol. The van der Waals surface area contributed by atoms with Crippen LogP contribution in [0, 0.1) is 0 Å². The second-order valence-electron chi connectivity index (χ2n) is 8.99. The molecule has 0 radical (unpaired) electrons. The molecule has 6 rings (SSSR count). The molecule has 0 saturated heterocycles. The molecule has 0 unspecified atom stereocenters. The minimum absolute atomic E-state index is 0.551. The van der Waals surface area contributed by atoms with Gasteiger partial charge in [0, 0.05) is 0 Å². The molecule has 0 saturated carbocycles. The van der Waals surface area contributed by atoms with Crippen molar-refractivity contribution in [2.24, 2.45) is 0 Å². The van der Waals surface area contributed by atoms with E-state index >= 15 is 0 Å². The van der Waals surface area contributed by atoms with Crippen molar-refractivity contribution in [2.75, 3.05) is 0 Å². The van der Waals surface area contributed by atoms with E-state index in [1.54, 1.807) is 6.20 Å². The van der Waals surface area contributed by atoms with E-state index in [0.29, 0.717) is 5.65 Å². The monoisotopic (exact) mass is 481 g/mol. The third-order valence-electron chi connectivity index (χ3n) is 5.88. The van der Waals surface area contributed by atoms with Crippen LogP contribution in [0.4, 0.5) is 0 Å². The first kappa shape index (κ1) is 19.2. The maximum absolute atomic E-state index is 6.49. The summed E-state index contributed by atoms with van der Waals surface area (Å²) >= 11 is -1.97. The molecule has 156 valence electrons. The standard InChI is InChI=1S/C25H21GeN5O/c1-26(2,3)16-12-13-18-19-10-7-11-20(23(19)32-22(18)14-16)25-28-24-21(15-27-30-29-24)31(25)17-8-5-4-6-9-17/h4-15H,1-3H3. The predicted molar refractivity (Wildman–Crippen MR) is 130 cm³/mol. The minimum atomic E-state index is -1.97. The van der Waals surface area contributed by atoms with Gasteiger partial charge in [0.25, 0.3) is 0 Å². The first-order chi connectivity index (χ1) is 15.5. The van der Waals surface area contributed by atoms with E-state index in [1.165, 1.54) is 4.40 Å². The Bertz CT molecular complexity index is 1610. The van der Waals surface area contributed by atoms with Gasteiger partial charge in [-0.05, 0) is 0 Å². The number of imidazole rings is 1. The molecule has 3 heterocycles. The topological polar surface area (TPSA) is 69.6 Å². The summed E-state index contributed by atoms with van der Waals surface area (Å²) in [7, 11) is 0. The first-order valence-electron chi connectivity index (χ1n) is 10.6. The number of hydrogen-bond acceptors (Lipinski definition) is 5. The molecule has 0 bridgehead atoms. The number of nitrogens with zero attached hydrogens (tertiary/aromatic N) is 5. The summed E-state index contributed by atoms with van der Waals surface area (Å²) in [6.07, 6.45) is 1.70. The van der Waals surface area contributed by atoms with E-state index in [4.69, 9.17) is 9.40 Å². The van der Waals surface area contributed by atoms with E-state index in [1.807, 2.05) is 30.3 Å². The molecule has 0 spiro atoms. The van der Waals surface area contributed by atoms with Crippen LogP contribution in [0.3, 0.4) is 0 Å². The summed E-state index contributed by atoms with van der Waals surface area (Å²) in [5, 5.41) is 14.2. The molecule has 6 nitrogen and oxygen atoms in total. The van der Waals surface area contributed by atoms with E-state index in [2.05, 4.69) is 73.6 Å². The van der Waals surface area contributed by atoms with Crippen molar-refractivity contribution in [1.82, 2.24) is 25.0 Å². The second-order valence-corrected chi connectivity index (χ2v) is 19.6. The normalized spacial score (nSPS) is 12.2. The first-order valence-corrected chi connectivity index (χ1v) is 17.9. The fraction of sp³-hybridized carbons (Fsp3) is 0.120. The van der Waals surface area contributed by atoms with E-state index in [9.17, 15) is 0 Å². The summed E-state index contributed by atoms with van der Waals surface area (Å²) in [6, 6.07) is 23.0. The maximum atomic E-state index is 6.49. The molecule has 3 aromatic heterocycles. The third kappa shape index (κ3) is 2.94. The third-order valence-corrected chi connectivity index (χ3v) is 10.2. The Balaban J connectivity index is 1.67. The molecule has 32 heavy (non-hydrogen) atoms. The number of rotatable bonds is 3. The average molecular weight is 480 g/mol. The predicted octanol–water partition coefficient (Wildman–Crippen LogP) is 5.32. The van der Waals surface area contributed by atoms with Crippen LogP contribution in [0.5, 0.6) is 0 Å². The van der Waals surface area contributed by atoms with Crippen molar-refractivity contribution in [2.45, 2.75) is 17.3 Å². The molecule has 0 atom stereocenters. The van der Waals surface area contributed by atoms with Gasteiger partial charge in [0.1, 0.15) is 0 Å². The van der Waals surface area contributed by atoms with E-state index in [-0.39, 0.29) is 0 Å². The fourth-order valence-corrected chi connectivity index (χ4v) is 6.63. The molecule has 0 amide bonds. The van der Waals surface area contributed by atoms with Gasteiger partial charge in [-0.2, -0.15) is 0 Å². The van der Waals surface area contributed by atoms with E-state index < -0.39 is 13.3 Å². The summed E-state index contributed by atoms with van der Waals surface area (Å²) in [5.41, 5.74) is 5.01. The van der Waals surface area contributed by atoms with Crippen LogP contribution in [-0.2, 0) is 0 Å². The van der Waals surface area contributed by atoms with Gasteiger partial charge in [-0.1, -0.05) is 0 Å². The van der Waals surface area contributed by atoms with Gasteiger partial charge >= 0.3 is 187 Å². The fourth-order valence-electron chi connectivity index (χ4n) is 4.22. The van der Waals surface area contributed by atoms with Crippen LogP contribution in [0.1, 0.15) is 0 Å². The summed E-state index contributed by atoms with van der Waals surface area (Å²) in [5.74, 6) is 7.94. The van der Waals surface area contributed by atoms with Gasteiger partial charge in [0.2, 0.25) is 0 Å². The van der Waals surface area contributed by atoms with Gasteiger partial charge in [-0.25, -0.2) is 0 Å². The molecule has 0 fully saturated rings. The van der Waals surface area contributed by atoms with Crippen molar-refractivity contribution in [1.29, 1.82) is 0 Å². The van der Waals surface area contributed by atoms with E-state index in [0.717, 1.165) is 44.5 Å². The molecule has 0 N–H and O–H groups in total. The number of benzene rings is 3. The van der Waals surface area contributed by atoms with Gasteiger partial charge in [-0.3, -0.25) is 0 Å². The number of hydrogen-bond donors (Lipinski definition) is 0. The quantitative estimate of drug-likeness (QED) is 0.321. The number of aromatic nitrogens is 5. The number of fused-ring (bicyclic) bond motifs is 4. The van der Waals surface area contributed by atoms with Crippen molar-refractivity contribution in [3.05, 3.63) is 72.9 Å². The molecule has 6 aromatic rings. The van der Waals surface area contributed by atoms with Crippen LogP contribution >= 0.6 is 0 Å². The van der Waals surface area contributed by atoms with Crippen LogP contribution in [0.2, 0.25) is 17.3 Å². The van der Waals surface area contributed by atoms with Crippen molar-refractivity contribution in [3.8, 4) is 17.1 Å². The Kier molecular flexibility index (Phi) is 4.20. The Morgan fingerprint density at radius 2 is 1.72 bits per heavy atom. The summed E-state index contributed by atoms with van der Waals surface area (Å²) < 4.78 is 9.98. The molecule has 0 aliphatic heterocycles. The second kappa shape index (κ2) is 7.00. The molecule has 0 aliphatic rings. The molecule has 0 aliphatic carbocycles. The van der Waals surface area contributed by atoms with Gasteiger partial charge < -0.3 is 0 Å². The van der Waals surface area contributed by atoms with Crippen molar-refractivity contribution < 1.29 is 4.42 Å². The van der Waals surface area contributed by atoms with Gasteiger partial charge in [0.15, 0.2) is 0 Å². The van der Waals surface area contributed by atoms with Crippen LogP contribution in [0.15, 0.2) is 77.3 Å². The van der Waals surface area contributed by atoms with Gasteiger partial charge in [0.05, 0.1) is 0 Å². The SMILES string of the molecule is [CH3][Ge]([CH3])([CH3])[c]1ccc2c(c1)oc1c(-c3nc4nnncc4n3-c3ccccc3)cccc12. The van der Waals surface area contributed by atoms with Crippen molar-refractivity contribution in [3.63, 3.8) is 0 Å².